The van der Waals surface area contributed by atoms with Gasteiger partial charge in [-0.3, -0.25) is 9.36 Å². The van der Waals surface area contributed by atoms with Crippen molar-refractivity contribution in [2.24, 2.45) is 4.99 Å². The van der Waals surface area contributed by atoms with Crippen molar-refractivity contribution in [2.45, 2.75) is 32.7 Å². The topological polar surface area (TPSA) is 100 Å². The Bertz CT molecular complexity index is 1720. The minimum absolute atomic E-state index is 0.232. The molecule has 39 heavy (non-hydrogen) atoms. The first-order chi connectivity index (χ1) is 18.9. The van der Waals surface area contributed by atoms with E-state index in [9.17, 15) is 14.4 Å². The van der Waals surface area contributed by atoms with Crippen molar-refractivity contribution in [3.05, 3.63) is 101 Å². The average Bonchev–Trinajstić information content (AvgIpc) is 3.70. The van der Waals surface area contributed by atoms with Crippen LogP contribution in [0.5, 0.6) is 0 Å². The predicted molar refractivity (Wildman–Crippen MR) is 149 cm³/mol. The number of thiazole rings is 1. The van der Waals surface area contributed by atoms with Gasteiger partial charge in [0, 0.05) is 16.5 Å². The molecule has 4 heterocycles. The highest BCUT2D eigenvalue weighted by Gasteiger charge is 2.34. The quantitative estimate of drug-likeness (QED) is 0.289. The van der Waals surface area contributed by atoms with Crippen molar-refractivity contribution in [1.29, 1.82) is 0 Å². The monoisotopic (exact) mass is 562 g/mol. The Hall–Kier alpha value is -4.02. The van der Waals surface area contributed by atoms with E-state index in [1.165, 1.54) is 29.8 Å². The highest BCUT2D eigenvalue weighted by molar-refractivity contribution is 7.10. The van der Waals surface area contributed by atoms with Crippen LogP contribution < -0.4 is 14.9 Å². The Labute approximate surface area is 232 Å². The second kappa shape index (κ2) is 11.4. The fourth-order valence-corrected chi connectivity index (χ4v) is 6.26. The lowest BCUT2D eigenvalue weighted by atomic mass is 9.99. The number of aromatic nitrogens is 1. The zero-order valence-electron chi connectivity index (χ0n) is 21.6. The molecular weight excluding hydrogens is 536 g/mol. The van der Waals surface area contributed by atoms with Gasteiger partial charge in [0.25, 0.3) is 5.56 Å². The van der Waals surface area contributed by atoms with Gasteiger partial charge in [-0.2, -0.15) is 0 Å². The summed E-state index contributed by atoms with van der Waals surface area (Å²) >= 11 is 2.75. The molecule has 4 aromatic rings. The number of furan rings is 1. The number of fused-ring (bicyclic) bond motifs is 1. The molecule has 200 valence electrons. The van der Waals surface area contributed by atoms with Crippen LogP contribution in [0.25, 0.3) is 17.4 Å². The zero-order chi connectivity index (χ0) is 27.5. The van der Waals surface area contributed by atoms with E-state index in [1.807, 2.05) is 30.5 Å². The summed E-state index contributed by atoms with van der Waals surface area (Å²) in [5.74, 6) is 0.229. The van der Waals surface area contributed by atoms with Gasteiger partial charge in [-0.1, -0.05) is 42.9 Å². The highest BCUT2D eigenvalue weighted by atomic mass is 32.1. The Morgan fingerprint density at radius 3 is 2.56 bits per heavy atom. The van der Waals surface area contributed by atoms with Crippen LogP contribution in [0.15, 0.2) is 79.4 Å². The number of ether oxygens (including phenoxy) is 2. The normalized spacial score (nSPS) is 15.2. The SMILES string of the molecule is CCCC1=C(C(=O)OCC)C(c2cccs2)n2c(s/c(=C\c3ccc(-c4ccc(C(=O)OC)cc4)o3)c2=O)=N1. The number of nitrogens with zero attached hydrogens (tertiary/aromatic N) is 2. The molecule has 1 aliphatic heterocycles. The third-order valence-electron chi connectivity index (χ3n) is 6.20. The molecule has 0 bridgehead atoms. The molecule has 0 saturated heterocycles. The van der Waals surface area contributed by atoms with Crippen molar-refractivity contribution < 1.29 is 23.5 Å². The minimum Gasteiger partial charge on any atom is -0.465 e. The molecule has 1 atom stereocenters. The summed E-state index contributed by atoms with van der Waals surface area (Å²) in [6, 6.07) is 13.7. The number of esters is 2. The molecule has 10 heteroatoms. The summed E-state index contributed by atoms with van der Waals surface area (Å²) in [5.41, 5.74) is 2.03. The van der Waals surface area contributed by atoms with Gasteiger partial charge in [0.2, 0.25) is 0 Å². The lowest BCUT2D eigenvalue weighted by Gasteiger charge is -2.24. The maximum Gasteiger partial charge on any atom is 0.338 e. The first-order valence-corrected chi connectivity index (χ1v) is 14.2. The standard InChI is InChI=1S/C29H26N2O6S2/c1-4-7-20-24(28(34)36-5-2)25(22-8-6-15-38-22)31-26(32)23(39-29(31)30-20)16-19-13-14-21(37-19)17-9-11-18(12-10-17)27(33)35-3/h6,8-16,25H,4-5,7H2,1-3H3/b23-16-. The van der Waals surface area contributed by atoms with Crippen LogP contribution in [0.4, 0.5) is 0 Å². The van der Waals surface area contributed by atoms with Crippen molar-refractivity contribution in [2.75, 3.05) is 13.7 Å². The number of hydrogen-bond acceptors (Lipinski definition) is 9. The molecule has 1 aromatic carbocycles. The molecular formula is C29H26N2O6S2. The van der Waals surface area contributed by atoms with Crippen LogP contribution in [-0.2, 0) is 14.3 Å². The fraction of sp³-hybridized carbons (Fsp3) is 0.241. The minimum atomic E-state index is -0.607. The number of benzene rings is 1. The smallest absolute Gasteiger partial charge is 0.338 e. The van der Waals surface area contributed by atoms with Gasteiger partial charge in [0.05, 0.1) is 35.1 Å². The van der Waals surface area contributed by atoms with E-state index in [0.29, 0.717) is 44.1 Å². The Kier molecular flexibility index (Phi) is 7.76. The summed E-state index contributed by atoms with van der Waals surface area (Å²) in [5, 5.41) is 1.93. The van der Waals surface area contributed by atoms with E-state index in [-0.39, 0.29) is 12.2 Å². The van der Waals surface area contributed by atoms with Crippen molar-refractivity contribution in [1.82, 2.24) is 4.57 Å². The highest BCUT2D eigenvalue weighted by Crippen LogP contribution is 2.34. The summed E-state index contributed by atoms with van der Waals surface area (Å²) in [6.07, 6.45) is 3.08. The number of rotatable bonds is 8. The molecule has 0 aliphatic carbocycles. The largest absolute Gasteiger partial charge is 0.465 e. The molecule has 0 radical (unpaired) electrons. The summed E-state index contributed by atoms with van der Waals surface area (Å²) in [7, 11) is 1.34. The molecule has 0 saturated carbocycles. The molecule has 1 unspecified atom stereocenters. The third kappa shape index (κ3) is 5.17. The summed E-state index contributed by atoms with van der Waals surface area (Å²) in [6.45, 7) is 4.02. The zero-order valence-corrected chi connectivity index (χ0v) is 23.3. The molecule has 0 amide bonds. The second-order valence-corrected chi connectivity index (χ2v) is 10.7. The van der Waals surface area contributed by atoms with Crippen LogP contribution in [0.2, 0.25) is 0 Å². The van der Waals surface area contributed by atoms with Crippen LogP contribution >= 0.6 is 22.7 Å². The fourth-order valence-electron chi connectivity index (χ4n) is 4.44. The first kappa shape index (κ1) is 26.6. The van der Waals surface area contributed by atoms with Crippen molar-refractivity contribution in [3.63, 3.8) is 0 Å². The second-order valence-electron chi connectivity index (χ2n) is 8.70. The molecule has 0 fully saturated rings. The average molecular weight is 563 g/mol. The number of methoxy groups -OCH3 is 1. The number of allylic oxidation sites excluding steroid dienone is 1. The van der Waals surface area contributed by atoms with Crippen LogP contribution in [0.1, 0.15) is 53.7 Å². The van der Waals surface area contributed by atoms with Crippen LogP contribution in [0, 0.1) is 0 Å². The van der Waals surface area contributed by atoms with E-state index < -0.39 is 18.0 Å². The van der Waals surface area contributed by atoms with E-state index in [4.69, 9.17) is 18.9 Å². The van der Waals surface area contributed by atoms with Gasteiger partial charge in [-0.05, 0) is 49.1 Å². The van der Waals surface area contributed by atoms with Gasteiger partial charge >= 0.3 is 11.9 Å². The lowest BCUT2D eigenvalue weighted by molar-refractivity contribution is -0.139. The summed E-state index contributed by atoms with van der Waals surface area (Å²) in [4.78, 5) is 44.7. The first-order valence-electron chi connectivity index (χ1n) is 12.5. The molecule has 8 nitrogen and oxygen atoms in total. The van der Waals surface area contributed by atoms with Crippen molar-refractivity contribution >= 4 is 40.7 Å². The maximum absolute atomic E-state index is 13.7. The van der Waals surface area contributed by atoms with E-state index in [2.05, 4.69) is 0 Å². The van der Waals surface area contributed by atoms with Crippen molar-refractivity contribution in [3.8, 4) is 11.3 Å². The maximum atomic E-state index is 13.7. The molecule has 0 N–H and O–H groups in total. The number of carbonyl (C=O) groups is 2. The van der Waals surface area contributed by atoms with E-state index in [0.717, 1.165) is 16.9 Å². The number of hydrogen-bond donors (Lipinski definition) is 0. The van der Waals surface area contributed by atoms with Gasteiger partial charge in [0.1, 0.15) is 17.6 Å². The Balaban J connectivity index is 1.58. The Morgan fingerprint density at radius 2 is 1.90 bits per heavy atom. The Morgan fingerprint density at radius 1 is 1.10 bits per heavy atom. The third-order valence-corrected chi connectivity index (χ3v) is 8.10. The lowest BCUT2D eigenvalue weighted by Crippen LogP contribution is -2.39. The number of thiophene rings is 1. The van der Waals surface area contributed by atoms with Crippen LogP contribution in [0.3, 0.4) is 0 Å². The molecule has 3 aromatic heterocycles. The predicted octanol–water partition coefficient (Wildman–Crippen LogP) is 4.69. The number of carbonyl (C=O) groups excluding carboxylic acids is 2. The molecule has 0 spiro atoms. The van der Waals surface area contributed by atoms with Gasteiger partial charge in [0.15, 0.2) is 4.80 Å². The van der Waals surface area contributed by atoms with Crippen LogP contribution in [-0.4, -0.2) is 30.2 Å². The molecule has 1 aliphatic rings. The van der Waals surface area contributed by atoms with Gasteiger partial charge < -0.3 is 13.9 Å². The van der Waals surface area contributed by atoms with E-state index in [1.54, 1.807) is 47.9 Å². The van der Waals surface area contributed by atoms with Gasteiger partial charge in [-0.15, -0.1) is 11.3 Å². The van der Waals surface area contributed by atoms with Gasteiger partial charge in [-0.25, -0.2) is 14.6 Å². The molecule has 5 rings (SSSR count). The summed E-state index contributed by atoms with van der Waals surface area (Å²) < 4.78 is 18.2. The van der Waals surface area contributed by atoms with E-state index >= 15 is 0 Å².